The Morgan fingerprint density at radius 2 is 2.00 bits per heavy atom. The number of carbonyl (C=O) groups excluding carboxylic acids is 2. The van der Waals surface area contributed by atoms with Crippen molar-refractivity contribution in [3.8, 4) is 34.2 Å². The zero-order valence-electron chi connectivity index (χ0n) is 18.9. The summed E-state index contributed by atoms with van der Waals surface area (Å²) in [6, 6.07) is 18.6. The number of carbonyl (C=O) groups is 2. The van der Waals surface area contributed by atoms with Crippen LogP contribution in [0.1, 0.15) is 22.2 Å². The third-order valence-electron chi connectivity index (χ3n) is 5.17. The van der Waals surface area contributed by atoms with Gasteiger partial charge < -0.3 is 21.5 Å². The van der Waals surface area contributed by atoms with Crippen LogP contribution >= 0.6 is 22.9 Å². The van der Waals surface area contributed by atoms with E-state index in [2.05, 4.69) is 21.7 Å². The number of rotatable bonds is 7. The van der Waals surface area contributed by atoms with Gasteiger partial charge in [-0.05, 0) is 60.3 Å². The van der Waals surface area contributed by atoms with Crippen molar-refractivity contribution in [2.24, 2.45) is 5.73 Å². The fourth-order valence-corrected chi connectivity index (χ4v) is 4.30. The van der Waals surface area contributed by atoms with E-state index in [1.807, 2.05) is 0 Å². The standard InChI is InChI=1S/C26H20ClN5O3S/c1-26(29,14-33)32-17-5-2-4-15(10-17)18-12-21(19-11-16(27)7-8-22(19)34)30-24(20(18)13-28)31-25(35)23-6-3-9-36-23/h2-12,14,32,34H,29H2,1H3,(H,30,31,35)/t26-/m0/s1. The number of nitrogens with two attached hydrogens (primary N) is 1. The van der Waals surface area contributed by atoms with Gasteiger partial charge in [0, 0.05) is 21.8 Å². The molecule has 1 atom stereocenters. The van der Waals surface area contributed by atoms with Gasteiger partial charge in [-0.3, -0.25) is 9.59 Å². The van der Waals surface area contributed by atoms with Crippen LogP contribution in [0.2, 0.25) is 5.02 Å². The first kappa shape index (κ1) is 24.9. The van der Waals surface area contributed by atoms with Crippen molar-refractivity contribution < 1.29 is 14.7 Å². The monoisotopic (exact) mass is 517 g/mol. The Kier molecular flexibility index (Phi) is 7.03. The van der Waals surface area contributed by atoms with E-state index in [-0.39, 0.29) is 17.1 Å². The first-order chi connectivity index (χ1) is 17.2. The van der Waals surface area contributed by atoms with Crippen LogP contribution < -0.4 is 16.4 Å². The highest BCUT2D eigenvalue weighted by Crippen LogP contribution is 2.37. The summed E-state index contributed by atoms with van der Waals surface area (Å²) in [6.45, 7) is 1.53. The van der Waals surface area contributed by atoms with Crippen LogP contribution in [0, 0.1) is 11.3 Å². The van der Waals surface area contributed by atoms with Crippen molar-refractivity contribution in [2.45, 2.75) is 12.6 Å². The molecule has 0 fully saturated rings. The summed E-state index contributed by atoms with van der Waals surface area (Å²) in [5.41, 5.74) is 6.93. The van der Waals surface area contributed by atoms with E-state index < -0.39 is 11.6 Å². The summed E-state index contributed by atoms with van der Waals surface area (Å²) in [5.74, 6) is -0.469. The summed E-state index contributed by atoms with van der Waals surface area (Å²) in [7, 11) is 0. The molecule has 0 aliphatic heterocycles. The molecular formula is C26H20ClN5O3S. The van der Waals surface area contributed by atoms with Gasteiger partial charge in [0.05, 0.1) is 10.6 Å². The van der Waals surface area contributed by atoms with Crippen molar-refractivity contribution in [1.29, 1.82) is 5.26 Å². The molecule has 0 bridgehead atoms. The second-order valence-corrected chi connectivity index (χ2v) is 9.47. The number of aromatic hydroxyl groups is 1. The lowest BCUT2D eigenvalue weighted by molar-refractivity contribution is -0.110. The molecule has 8 nitrogen and oxygen atoms in total. The highest BCUT2D eigenvalue weighted by Gasteiger charge is 2.21. The minimum Gasteiger partial charge on any atom is -0.507 e. The van der Waals surface area contributed by atoms with Crippen LogP contribution in [0.4, 0.5) is 11.5 Å². The number of nitrogens with one attached hydrogen (secondary N) is 2. The fraction of sp³-hybridized carbons (Fsp3) is 0.0769. The number of aromatic nitrogens is 1. The van der Waals surface area contributed by atoms with E-state index in [9.17, 15) is 20.0 Å². The molecule has 10 heteroatoms. The minimum atomic E-state index is -1.30. The van der Waals surface area contributed by atoms with Gasteiger partial charge >= 0.3 is 0 Å². The first-order valence-corrected chi connectivity index (χ1v) is 11.9. The van der Waals surface area contributed by atoms with Crippen LogP contribution in [0.3, 0.4) is 0 Å². The number of aldehydes is 1. The number of pyridine rings is 1. The van der Waals surface area contributed by atoms with Crippen LogP contribution in [0.5, 0.6) is 5.75 Å². The Balaban J connectivity index is 1.90. The van der Waals surface area contributed by atoms with E-state index in [4.69, 9.17) is 17.3 Å². The Hall–Kier alpha value is -4.23. The molecule has 0 saturated heterocycles. The molecule has 180 valence electrons. The SMILES string of the molecule is C[C@@](N)(C=O)Nc1cccc(-c2cc(-c3cc(Cl)ccc3O)nc(NC(=O)c3cccs3)c2C#N)c1. The number of phenols is 1. The maximum atomic E-state index is 12.8. The Bertz CT molecular complexity index is 1500. The highest BCUT2D eigenvalue weighted by molar-refractivity contribution is 7.12. The van der Waals surface area contributed by atoms with Gasteiger partial charge in [-0.1, -0.05) is 29.8 Å². The summed E-state index contributed by atoms with van der Waals surface area (Å²) >= 11 is 7.41. The molecule has 0 aliphatic rings. The molecule has 0 spiro atoms. The largest absolute Gasteiger partial charge is 0.507 e. The van der Waals surface area contributed by atoms with Crippen LogP contribution in [-0.4, -0.2) is 27.9 Å². The normalized spacial score (nSPS) is 12.3. The Morgan fingerprint density at radius 1 is 1.19 bits per heavy atom. The maximum absolute atomic E-state index is 12.8. The van der Waals surface area contributed by atoms with Crippen LogP contribution in [0.15, 0.2) is 66.0 Å². The topological polar surface area (TPSA) is 141 Å². The molecule has 4 rings (SSSR count). The summed E-state index contributed by atoms with van der Waals surface area (Å²) < 4.78 is 0. The summed E-state index contributed by atoms with van der Waals surface area (Å²) in [4.78, 5) is 29.0. The number of nitriles is 1. The molecule has 0 saturated carbocycles. The zero-order chi connectivity index (χ0) is 25.9. The number of phenolic OH excluding ortho intramolecular Hbond substituents is 1. The van der Waals surface area contributed by atoms with Gasteiger partial charge in [0.2, 0.25) is 0 Å². The third-order valence-corrected chi connectivity index (χ3v) is 6.28. The van der Waals surface area contributed by atoms with Gasteiger partial charge in [-0.15, -0.1) is 11.3 Å². The quantitative estimate of drug-likeness (QED) is 0.194. The molecule has 0 unspecified atom stereocenters. The second kappa shape index (κ2) is 10.2. The van der Waals surface area contributed by atoms with Crippen molar-refractivity contribution in [2.75, 3.05) is 10.6 Å². The van der Waals surface area contributed by atoms with Gasteiger partial charge in [-0.25, -0.2) is 4.98 Å². The number of nitrogens with zero attached hydrogens (tertiary/aromatic N) is 2. The molecule has 0 radical (unpaired) electrons. The van der Waals surface area contributed by atoms with Gasteiger partial charge in [-0.2, -0.15) is 5.26 Å². The number of hydrogen-bond acceptors (Lipinski definition) is 8. The van der Waals surface area contributed by atoms with E-state index >= 15 is 0 Å². The fourth-order valence-electron chi connectivity index (χ4n) is 3.51. The average molecular weight is 518 g/mol. The second-order valence-electron chi connectivity index (χ2n) is 8.09. The van der Waals surface area contributed by atoms with Gasteiger partial charge in [0.1, 0.15) is 23.0 Å². The summed E-state index contributed by atoms with van der Waals surface area (Å²) in [5, 5.41) is 28.4. The van der Waals surface area contributed by atoms with E-state index in [0.717, 1.165) is 0 Å². The van der Waals surface area contributed by atoms with Crippen molar-refractivity contribution >= 4 is 46.6 Å². The zero-order valence-corrected chi connectivity index (χ0v) is 20.5. The lowest BCUT2D eigenvalue weighted by Gasteiger charge is -2.21. The van der Waals surface area contributed by atoms with E-state index in [0.29, 0.717) is 44.3 Å². The number of benzene rings is 2. The predicted molar refractivity (Wildman–Crippen MR) is 141 cm³/mol. The smallest absolute Gasteiger partial charge is 0.266 e. The number of thiophene rings is 1. The molecule has 0 aliphatic carbocycles. The predicted octanol–water partition coefficient (Wildman–Crippen LogP) is 5.25. The number of halogens is 1. The molecular weight excluding hydrogens is 498 g/mol. The number of anilines is 2. The first-order valence-electron chi connectivity index (χ1n) is 10.6. The van der Waals surface area contributed by atoms with Crippen molar-refractivity contribution in [1.82, 2.24) is 4.98 Å². The molecule has 4 aromatic rings. The highest BCUT2D eigenvalue weighted by atomic mass is 35.5. The van der Waals surface area contributed by atoms with Crippen molar-refractivity contribution in [3.63, 3.8) is 0 Å². The van der Waals surface area contributed by atoms with Crippen LogP contribution in [0.25, 0.3) is 22.4 Å². The number of hydrogen-bond donors (Lipinski definition) is 4. The molecule has 2 aromatic heterocycles. The molecule has 36 heavy (non-hydrogen) atoms. The Labute approximate surface area is 216 Å². The lowest BCUT2D eigenvalue weighted by atomic mass is 9.97. The van der Waals surface area contributed by atoms with E-state index in [1.54, 1.807) is 53.9 Å². The van der Waals surface area contributed by atoms with Crippen LogP contribution in [-0.2, 0) is 4.79 Å². The lowest BCUT2D eigenvalue weighted by Crippen LogP contribution is -2.46. The average Bonchev–Trinajstić information content (AvgIpc) is 3.40. The maximum Gasteiger partial charge on any atom is 0.266 e. The van der Waals surface area contributed by atoms with Crippen molar-refractivity contribution in [3.05, 3.63) is 81.5 Å². The summed E-state index contributed by atoms with van der Waals surface area (Å²) in [6.07, 6.45) is 0.588. The molecule has 2 heterocycles. The Morgan fingerprint density at radius 3 is 2.69 bits per heavy atom. The number of amides is 1. The molecule has 1 amide bonds. The molecule has 2 aromatic carbocycles. The van der Waals surface area contributed by atoms with Gasteiger partial charge in [0.15, 0.2) is 12.1 Å². The third kappa shape index (κ3) is 5.37. The minimum absolute atomic E-state index is 0.0256. The van der Waals surface area contributed by atoms with Gasteiger partial charge in [0.25, 0.3) is 5.91 Å². The van der Waals surface area contributed by atoms with E-state index in [1.165, 1.54) is 30.4 Å². The molecule has 5 N–H and O–H groups in total.